The minimum Gasteiger partial charge on any atom is -0.481 e. The molecule has 19 heavy (non-hydrogen) atoms. The van der Waals surface area contributed by atoms with Gasteiger partial charge in [0.2, 0.25) is 5.88 Å². The van der Waals surface area contributed by atoms with Gasteiger partial charge in [0.05, 0.1) is 23.8 Å². The van der Waals surface area contributed by atoms with Gasteiger partial charge < -0.3 is 9.84 Å². The first kappa shape index (κ1) is 12.4. The van der Waals surface area contributed by atoms with Crippen LogP contribution in [0, 0.1) is 0 Å². The molecule has 0 saturated heterocycles. The third kappa shape index (κ3) is 1.88. The maximum atomic E-state index is 11.9. The van der Waals surface area contributed by atoms with Crippen LogP contribution in [0.3, 0.4) is 0 Å². The highest BCUT2D eigenvalue weighted by Gasteiger charge is 2.49. The van der Waals surface area contributed by atoms with Crippen molar-refractivity contribution in [3.05, 3.63) is 17.6 Å². The number of carbonyl (C=O) groups is 1. The molecule has 1 N–H and O–H groups in total. The van der Waals surface area contributed by atoms with E-state index in [2.05, 4.69) is 9.97 Å². The van der Waals surface area contributed by atoms with Gasteiger partial charge in [-0.3, -0.25) is 4.79 Å². The minimum absolute atomic E-state index is 0.392. The van der Waals surface area contributed by atoms with Crippen molar-refractivity contribution < 1.29 is 14.6 Å². The largest absolute Gasteiger partial charge is 0.481 e. The lowest BCUT2D eigenvalue weighted by atomic mass is 9.77. The molecular formula is C14H18N2O3. The molecule has 3 rings (SSSR count). The number of carboxylic acid groups (broad SMARTS) is 1. The number of nitrogens with zero attached hydrogens (tertiary/aromatic N) is 2. The molecule has 1 heterocycles. The van der Waals surface area contributed by atoms with Crippen molar-refractivity contribution >= 4 is 5.97 Å². The summed E-state index contributed by atoms with van der Waals surface area (Å²) in [7, 11) is 1.55. The summed E-state index contributed by atoms with van der Waals surface area (Å²) in [6, 6.07) is 0. The number of ether oxygens (including phenoxy) is 1. The van der Waals surface area contributed by atoms with Crippen LogP contribution in [-0.4, -0.2) is 28.2 Å². The van der Waals surface area contributed by atoms with E-state index in [0.29, 0.717) is 24.6 Å². The van der Waals surface area contributed by atoms with E-state index in [0.717, 1.165) is 36.9 Å². The van der Waals surface area contributed by atoms with Crippen molar-refractivity contribution in [1.29, 1.82) is 0 Å². The third-order valence-corrected chi connectivity index (χ3v) is 4.34. The quantitative estimate of drug-likeness (QED) is 0.901. The Labute approximate surface area is 112 Å². The Balaban J connectivity index is 2.18. The maximum Gasteiger partial charge on any atom is 0.314 e. The van der Waals surface area contributed by atoms with Gasteiger partial charge in [0.25, 0.3) is 0 Å². The van der Waals surface area contributed by atoms with Crippen LogP contribution in [0.2, 0.25) is 0 Å². The number of rotatable bonds is 4. The van der Waals surface area contributed by atoms with Gasteiger partial charge in [-0.05, 0) is 25.7 Å². The SMILES string of the molecule is COc1ncnc(C2CC2)c1C1(C(=O)O)CCCC1. The number of hydrogen-bond donors (Lipinski definition) is 1. The van der Waals surface area contributed by atoms with Gasteiger partial charge >= 0.3 is 5.97 Å². The second kappa shape index (κ2) is 4.47. The Hall–Kier alpha value is -1.65. The highest BCUT2D eigenvalue weighted by atomic mass is 16.5. The van der Waals surface area contributed by atoms with Crippen LogP contribution >= 0.6 is 0 Å². The second-order valence-corrected chi connectivity index (χ2v) is 5.51. The van der Waals surface area contributed by atoms with Gasteiger partial charge in [-0.15, -0.1) is 0 Å². The average Bonchev–Trinajstić information content (AvgIpc) is 3.15. The van der Waals surface area contributed by atoms with Crippen LogP contribution in [0.25, 0.3) is 0 Å². The normalized spacial score (nSPS) is 21.3. The van der Waals surface area contributed by atoms with Crippen molar-refractivity contribution in [2.24, 2.45) is 0 Å². The molecule has 0 radical (unpaired) electrons. The van der Waals surface area contributed by atoms with Crippen molar-refractivity contribution in [3.63, 3.8) is 0 Å². The number of aliphatic carboxylic acids is 1. The maximum absolute atomic E-state index is 11.9. The number of hydrogen-bond acceptors (Lipinski definition) is 4. The summed E-state index contributed by atoms with van der Waals surface area (Å²) in [4.78, 5) is 20.4. The zero-order valence-corrected chi connectivity index (χ0v) is 11.1. The Bertz CT molecular complexity index is 505. The fraction of sp³-hybridized carbons (Fsp3) is 0.643. The van der Waals surface area contributed by atoms with Crippen LogP contribution in [0.15, 0.2) is 6.33 Å². The third-order valence-electron chi connectivity index (χ3n) is 4.34. The van der Waals surface area contributed by atoms with Gasteiger partial charge in [0.1, 0.15) is 6.33 Å². The molecule has 0 atom stereocenters. The van der Waals surface area contributed by atoms with Crippen LogP contribution in [0.4, 0.5) is 0 Å². The summed E-state index contributed by atoms with van der Waals surface area (Å²) in [6.07, 6.45) is 6.85. The summed E-state index contributed by atoms with van der Waals surface area (Å²) >= 11 is 0. The Morgan fingerprint density at radius 2 is 2.05 bits per heavy atom. The average molecular weight is 262 g/mol. The standard InChI is InChI=1S/C14H18N2O3/c1-19-12-10(11(9-4-5-9)15-8-16-12)14(13(17)18)6-2-3-7-14/h8-9H,2-7H2,1H3,(H,17,18). The van der Waals surface area contributed by atoms with E-state index in [9.17, 15) is 9.90 Å². The monoisotopic (exact) mass is 262 g/mol. The lowest BCUT2D eigenvalue weighted by molar-refractivity contribution is -0.143. The predicted octanol–water partition coefficient (Wildman–Crippen LogP) is 2.26. The van der Waals surface area contributed by atoms with Crippen molar-refractivity contribution in [2.75, 3.05) is 7.11 Å². The summed E-state index contributed by atoms with van der Waals surface area (Å²) in [6.45, 7) is 0. The molecule has 0 bridgehead atoms. The highest BCUT2D eigenvalue weighted by Crippen LogP contribution is 2.50. The lowest BCUT2D eigenvalue weighted by Crippen LogP contribution is -2.34. The van der Waals surface area contributed by atoms with E-state index >= 15 is 0 Å². The van der Waals surface area contributed by atoms with Crippen molar-refractivity contribution in [3.8, 4) is 5.88 Å². The van der Waals surface area contributed by atoms with Crippen LogP contribution in [0.1, 0.15) is 55.7 Å². The second-order valence-electron chi connectivity index (χ2n) is 5.51. The van der Waals surface area contributed by atoms with Gasteiger partial charge in [-0.25, -0.2) is 9.97 Å². The van der Waals surface area contributed by atoms with Crippen LogP contribution in [0.5, 0.6) is 5.88 Å². The molecule has 0 aromatic carbocycles. The van der Waals surface area contributed by atoms with Crippen LogP contribution < -0.4 is 4.74 Å². The molecule has 5 nitrogen and oxygen atoms in total. The molecule has 0 unspecified atom stereocenters. The van der Waals surface area contributed by atoms with E-state index in [1.165, 1.54) is 6.33 Å². The Morgan fingerprint density at radius 3 is 2.58 bits per heavy atom. The topological polar surface area (TPSA) is 72.3 Å². The number of carboxylic acids is 1. The molecule has 2 aliphatic rings. The molecule has 102 valence electrons. The van der Waals surface area contributed by atoms with E-state index < -0.39 is 11.4 Å². The molecule has 0 amide bonds. The van der Waals surface area contributed by atoms with Gasteiger partial charge in [-0.2, -0.15) is 0 Å². The summed E-state index contributed by atoms with van der Waals surface area (Å²) in [5.41, 5.74) is 0.797. The molecule has 1 aromatic heterocycles. The number of methoxy groups -OCH3 is 1. The predicted molar refractivity (Wildman–Crippen MR) is 68.3 cm³/mol. The molecule has 0 aliphatic heterocycles. The fourth-order valence-electron chi connectivity index (χ4n) is 3.20. The summed E-state index contributed by atoms with van der Waals surface area (Å²) in [5.74, 6) is 0.0740. The molecule has 2 saturated carbocycles. The molecular weight excluding hydrogens is 244 g/mol. The fourth-order valence-corrected chi connectivity index (χ4v) is 3.20. The van der Waals surface area contributed by atoms with E-state index in [4.69, 9.17) is 4.74 Å². The summed E-state index contributed by atoms with van der Waals surface area (Å²) in [5, 5.41) is 9.75. The van der Waals surface area contributed by atoms with E-state index in [-0.39, 0.29) is 0 Å². The van der Waals surface area contributed by atoms with Gasteiger partial charge in [0, 0.05) is 5.92 Å². The van der Waals surface area contributed by atoms with Crippen molar-refractivity contribution in [1.82, 2.24) is 9.97 Å². The molecule has 0 spiro atoms. The molecule has 2 fully saturated rings. The van der Waals surface area contributed by atoms with E-state index in [1.54, 1.807) is 7.11 Å². The van der Waals surface area contributed by atoms with E-state index in [1.807, 2.05) is 0 Å². The smallest absolute Gasteiger partial charge is 0.314 e. The first-order valence-electron chi connectivity index (χ1n) is 6.82. The van der Waals surface area contributed by atoms with Crippen molar-refractivity contribution in [2.45, 2.75) is 49.9 Å². The Kier molecular flexibility index (Phi) is 2.92. The lowest BCUT2D eigenvalue weighted by Gasteiger charge is -2.27. The zero-order chi connectivity index (χ0) is 13.5. The van der Waals surface area contributed by atoms with Gasteiger partial charge in [-0.1, -0.05) is 12.8 Å². The minimum atomic E-state index is -0.843. The van der Waals surface area contributed by atoms with Gasteiger partial charge in [0.15, 0.2) is 0 Å². The molecule has 5 heteroatoms. The first-order valence-corrected chi connectivity index (χ1v) is 6.82. The first-order chi connectivity index (χ1) is 9.19. The zero-order valence-electron chi connectivity index (χ0n) is 11.1. The van der Waals surface area contributed by atoms with Crippen LogP contribution in [-0.2, 0) is 10.2 Å². The number of aromatic nitrogens is 2. The summed E-state index contributed by atoms with van der Waals surface area (Å²) < 4.78 is 5.34. The Morgan fingerprint density at radius 1 is 1.37 bits per heavy atom. The highest BCUT2D eigenvalue weighted by molar-refractivity contribution is 5.83. The molecule has 2 aliphatic carbocycles. The molecule has 1 aromatic rings.